The molecule has 0 aliphatic heterocycles. The van der Waals surface area contributed by atoms with E-state index in [4.69, 9.17) is 0 Å². The summed E-state index contributed by atoms with van der Waals surface area (Å²) in [5.41, 5.74) is 2.40. The van der Waals surface area contributed by atoms with Gasteiger partial charge < -0.3 is 9.72 Å². The molecule has 6 nitrogen and oxygen atoms in total. The number of amides is 1. The minimum Gasteiger partial charge on any atom is -0.332 e. The Morgan fingerprint density at radius 2 is 2.04 bits per heavy atom. The number of carbonyl (C=O) groups excluding carboxylic acids is 1. The Kier molecular flexibility index (Phi) is 4.87. The number of benzene rings is 1. The summed E-state index contributed by atoms with van der Waals surface area (Å²) >= 11 is 0. The van der Waals surface area contributed by atoms with E-state index in [2.05, 4.69) is 16.4 Å². The Hall–Kier alpha value is -3.71. The van der Waals surface area contributed by atoms with E-state index in [0.29, 0.717) is 22.6 Å². The third kappa shape index (κ3) is 3.36. The van der Waals surface area contributed by atoms with Crippen molar-refractivity contribution < 1.29 is 9.18 Å². The average Bonchev–Trinajstić information content (AvgIpc) is 3.01. The zero-order valence-electron chi connectivity index (χ0n) is 14.8. The molecule has 2 unspecified atom stereocenters. The lowest BCUT2D eigenvalue weighted by Crippen LogP contribution is -2.28. The standard InChI is InChI=1S/C20H16FN5O/c1-12(10-22)18-13(2)24-19-16(7-4-8-26(18)19)20(27)25-17(11-23)14-5-3-6-15(21)9-14/h3-9,12,17H,1-2H3,(H,25,27). The van der Waals surface area contributed by atoms with Crippen LogP contribution in [0.25, 0.3) is 5.65 Å². The zero-order chi connectivity index (χ0) is 19.6. The number of carbonyl (C=O) groups is 1. The van der Waals surface area contributed by atoms with E-state index in [0.717, 1.165) is 0 Å². The lowest BCUT2D eigenvalue weighted by Gasteiger charge is -2.13. The van der Waals surface area contributed by atoms with Gasteiger partial charge in [0.1, 0.15) is 17.5 Å². The first-order valence-corrected chi connectivity index (χ1v) is 8.29. The number of imidazole rings is 1. The molecule has 3 rings (SSSR count). The van der Waals surface area contributed by atoms with E-state index in [1.807, 2.05) is 6.07 Å². The van der Waals surface area contributed by atoms with Gasteiger partial charge in [0.25, 0.3) is 5.91 Å². The normalized spacial score (nSPS) is 12.8. The van der Waals surface area contributed by atoms with Crippen LogP contribution in [0.1, 0.15) is 46.2 Å². The number of hydrogen-bond acceptors (Lipinski definition) is 4. The predicted molar refractivity (Wildman–Crippen MR) is 96.2 cm³/mol. The average molecular weight is 361 g/mol. The van der Waals surface area contributed by atoms with Crippen molar-refractivity contribution in [2.24, 2.45) is 0 Å². The fourth-order valence-electron chi connectivity index (χ4n) is 3.04. The van der Waals surface area contributed by atoms with Crippen LogP contribution in [0.5, 0.6) is 0 Å². The van der Waals surface area contributed by atoms with Gasteiger partial charge in [0.05, 0.1) is 35.0 Å². The maximum atomic E-state index is 13.4. The Morgan fingerprint density at radius 3 is 2.70 bits per heavy atom. The molecule has 1 N–H and O–H groups in total. The van der Waals surface area contributed by atoms with Crippen LogP contribution >= 0.6 is 0 Å². The summed E-state index contributed by atoms with van der Waals surface area (Å²) in [6.45, 7) is 3.54. The molecule has 0 saturated carbocycles. The second-order valence-corrected chi connectivity index (χ2v) is 6.14. The van der Waals surface area contributed by atoms with Gasteiger partial charge in [-0.15, -0.1) is 0 Å². The first-order chi connectivity index (χ1) is 13.0. The van der Waals surface area contributed by atoms with Crippen molar-refractivity contribution >= 4 is 11.6 Å². The molecule has 0 fully saturated rings. The molecule has 0 saturated heterocycles. The smallest absolute Gasteiger partial charge is 0.256 e. The van der Waals surface area contributed by atoms with Gasteiger partial charge in [-0.1, -0.05) is 12.1 Å². The fraction of sp³-hybridized carbons (Fsp3) is 0.200. The van der Waals surface area contributed by atoms with Gasteiger partial charge in [-0.05, 0) is 43.7 Å². The summed E-state index contributed by atoms with van der Waals surface area (Å²) in [7, 11) is 0. The van der Waals surface area contributed by atoms with Crippen molar-refractivity contribution in [2.45, 2.75) is 25.8 Å². The number of nitrogens with zero attached hydrogens (tertiary/aromatic N) is 4. The molecule has 0 aliphatic carbocycles. The topological polar surface area (TPSA) is 94.0 Å². The van der Waals surface area contributed by atoms with E-state index in [1.54, 1.807) is 42.6 Å². The van der Waals surface area contributed by atoms with E-state index in [1.165, 1.54) is 18.2 Å². The molecular formula is C20H16FN5O. The van der Waals surface area contributed by atoms with Crippen molar-refractivity contribution in [3.8, 4) is 12.1 Å². The van der Waals surface area contributed by atoms with Crippen LogP contribution in [0.4, 0.5) is 4.39 Å². The van der Waals surface area contributed by atoms with Crippen LogP contribution in [0.2, 0.25) is 0 Å². The molecule has 7 heteroatoms. The first kappa shape index (κ1) is 18.1. The molecule has 0 aliphatic rings. The quantitative estimate of drug-likeness (QED) is 0.770. The SMILES string of the molecule is Cc1nc2c(C(=O)NC(C#N)c3cccc(F)c3)cccn2c1C(C)C#N. The second-order valence-electron chi connectivity index (χ2n) is 6.14. The van der Waals surface area contributed by atoms with Gasteiger partial charge >= 0.3 is 0 Å². The van der Waals surface area contributed by atoms with Crippen molar-refractivity contribution in [3.63, 3.8) is 0 Å². The van der Waals surface area contributed by atoms with Crippen LogP contribution in [-0.4, -0.2) is 15.3 Å². The Morgan fingerprint density at radius 1 is 1.26 bits per heavy atom. The Bertz CT molecular complexity index is 1110. The highest BCUT2D eigenvalue weighted by Gasteiger charge is 2.22. The van der Waals surface area contributed by atoms with E-state index >= 15 is 0 Å². The lowest BCUT2D eigenvalue weighted by atomic mass is 10.1. The minimum absolute atomic E-state index is 0.272. The molecule has 2 atom stereocenters. The molecule has 0 bridgehead atoms. The fourth-order valence-corrected chi connectivity index (χ4v) is 3.04. The molecule has 27 heavy (non-hydrogen) atoms. The highest BCUT2D eigenvalue weighted by Crippen LogP contribution is 2.23. The summed E-state index contributed by atoms with van der Waals surface area (Å²) < 4.78 is 15.1. The highest BCUT2D eigenvalue weighted by atomic mass is 19.1. The Balaban J connectivity index is 1.99. The third-order valence-electron chi connectivity index (χ3n) is 4.31. The van der Waals surface area contributed by atoms with Gasteiger partial charge in [-0.3, -0.25) is 4.79 Å². The molecular weight excluding hydrogens is 345 g/mol. The molecule has 2 aromatic heterocycles. The maximum absolute atomic E-state index is 13.4. The summed E-state index contributed by atoms with van der Waals surface area (Å²) in [4.78, 5) is 17.2. The van der Waals surface area contributed by atoms with Crippen LogP contribution in [0, 0.1) is 35.4 Å². The molecule has 1 aromatic carbocycles. The zero-order valence-corrected chi connectivity index (χ0v) is 14.8. The van der Waals surface area contributed by atoms with E-state index in [9.17, 15) is 19.7 Å². The number of aromatic nitrogens is 2. The number of halogens is 1. The molecule has 2 heterocycles. The molecule has 3 aromatic rings. The van der Waals surface area contributed by atoms with Crippen molar-refractivity contribution in [1.29, 1.82) is 10.5 Å². The largest absolute Gasteiger partial charge is 0.332 e. The predicted octanol–water partition coefficient (Wildman–Crippen LogP) is 3.40. The molecule has 1 amide bonds. The summed E-state index contributed by atoms with van der Waals surface area (Å²) in [5.74, 6) is -1.38. The van der Waals surface area contributed by atoms with Crippen LogP contribution in [0.15, 0.2) is 42.6 Å². The number of fused-ring (bicyclic) bond motifs is 1. The van der Waals surface area contributed by atoms with Gasteiger partial charge in [0, 0.05) is 6.20 Å². The molecule has 0 radical (unpaired) electrons. The van der Waals surface area contributed by atoms with Crippen LogP contribution < -0.4 is 5.32 Å². The Labute approximate surface area is 155 Å². The summed E-state index contributed by atoms with van der Waals surface area (Å²) in [5, 5.41) is 21.2. The van der Waals surface area contributed by atoms with Gasteiger partial charge in [0.15, 0.2) is 0 Å². The number of nitriles is 2. The van der Waals surface area contributed by atoms with Crippen molar-refractivity contribution in [3.05, 3.63) is 70.9 Å². The summed E-state index contributed by atoms with van der Waals surface area (Å²) in [6, 6.07) is 12.0. The maximum Gasteiger partial charge on any atom is 0.256 e. The summed E-state index contributed by atoms with van der Waals surface area (Å²) in [6.07, 6.45) is 1.74. The van der Waals surface area contributed by atoms with Gasteiger partial charge in [-0.25, -0.2) is 9.37 Å². The van der Waals surface area contributed by atoms with Gasteiger partial charge in [0.2, 0.25) is 0 Å². The van der Waals surface area contributed by atoms with Gasteiger partial charge in [-0.2, -0.15) is 10.5 Å². The minimum atomic E-state index is -0.998. The molecule has 134 valence electrons. The lowest BCUT2D eigenvalue weighted by molar-refractivity contribution is 0.0946. The van der Waals surface area contributed by atoms with Crippen molar-refractivity contribution in [2.75, 3.05) is 0 Å². The monoisotopic (exact) mass is 361 g/mol. The number of hydrogen-bond donors (Lipinski definition) is 1. The number of rotatable bonds is 4. The van der Waals surface area contributed by atoms with E-state index in [-0.39, 0.29) is 5.56 Å². The number of aryl methyl sites for hydroxylation is 1. The molecule has 0 spiro atoms. The third-order valence-corrected chi connectivity index (χ3v) is 4.31. The highest BCUT2D eigenvalue weighted by molar-refractivity contribution is 6.00. The number of nitrogens with one attached hydrogen (secondary N) is 1. The second kappa shape index (κ2) is 7.27. The van der Waals surface area contributed by atoms with Crippen LogP contribution in [0.3, 0.4) is 0 Å². The number of pyridine rings is 1. The van der Waals surface area contributed by atoms with Crippen molar-refractivity contribution in [1.82, 2.24) is 14.7 Å². The first-order valence-electron chi connectivity index (χ1n) is 8.29. The van der Waals surface area contributed by atoms with E-state index < -0.39 is 23.7 Å². The van der Waals surface area contributed by atoms with Crippen LogP contribution in [-0.2, 0) is 0 Å².